The molecule has 0 fully saturated rings. The van der Waals surface area contributed by atoms with Gasteiger partial charge in [-0.05, 0) is 37.5 Å². The number of amides is 1. The fourth-order valence-electron chi connectivity index (χ4n) is 3.00. The number of benzene rings is 1. The number of fused-ring (bicyclic) bond motifs is 1. The molecule has 1 aliphatic carbocycles. The number of thiophene rings is 1. The van der Waals surface area contributed by atoms with E-state index in [-0.39, 0.29) is 23.4 Å². The van der Waals surface area contributed by atoms with E-state index in [0.29, 0.717) is 10.4 Å². The van der Waals surface area contributed by atoms with Gasteiger partial charge in [0.15, 0.2) is 0 Å². The van der Waals surface area contributed by atoms with Crippen LogP contribution in [0.3, 0.4) is 0 Å². The van der Waals surface area contributed by atoms with Gasteiger partial charge < -0.3 is 16.2 Å². The molecule has 0 aliphatic heterocycles. The minimum atomic E-state index is -1.03. The molecular weight excluding hydrogens is 378 g/mol. The average molecular weight is 394 g/mol. The predicted molar refractivity (Wildman–Crippen MR) is 94.9 cm³/mol. The Morgan fingerprint density at radius 2 is 1.85 bits per heavy atom. The second kappa shape index (κ2) is 7.16. The van der Waals surface area contributed by atoms with Gasteiger partial charge in [0.05, 0.1) is 23.1 Å². The lowest BCUT2D eigenvalue weighted by Crippen LogP contribution is -2.32. The van der Waals surface area contributed by atoms with Crippen LogP contribution in [-0.2, 0) is 22.4 Å². The molecule has 1 aliphatic rings. The van der Waals surface area contributed by atoms with Crippen LogP contribution < -0.4 is 11.1 Å². The molecule has 2 atom stereocenters. The Kier molecular flexibility index (Phi) is 5.07. The lowest BCUT2D eigenvalue weighted by molar-refractivity contribution is -0.141. The minimum Gasteiger partial charge on any atom is -0.481 e. The summed E-state index contributed by atoms with van der Waals surface area (Å²) in [5.41, 5.74) is 5.12. The maximum absolute atomic E-state index is 14.1. The van der Waals surface area contributed by atoms with E-state index in [1.54, 1.807) is 0 Å². The van der Waals surface area contributed by atoms with E-state index in [1.165, 1.54) is 6.92 Å². The van der Waals surface area contributed by atoms with Crippen LogP contribution in [0.25, 0.3) is 0 Å². The van der Waals surface area contributed by atoms with Crippen LogP contribution >= 0.6 is 11.3 Å². The van der Waals surface area contributed by atoms with Crippen LogP contribution in [0.2, 0.25) is 0 Å². The van der Waals surface area contributed by atoms with E-state index in [1.807, 2.05) is 0 Å². The molecule has 6 nitrogen and oxygen atoms in total. The van der Waals surface area contributed by atoms with Gasteiger partial charge in [-0.25, -0.2) is 8.78 Å². The fraction of sp³-hybridized carbons (Fsp3) is 0.278. The molecule has 27 heavy (non-hydrogen) atoms. The molecule has 1 heterocycles. The highest BCUT2D eigenvalue weighted by Gasteiger charge is 2.36. The third-order valence-corrected chi connectivity index (χ3v) is 5.56. The van der Waals surface area contributed by atoms with Crippen molar-refractivity contribution in [3.63, 3.8) is 0 Å². The summed E-state index contributed by atoms with van der Waals surface area (Å²) in [4.78, 5) is 36.8. The maximum Gasteiger partial charge on any atom is 0.307 e. The van der Waals surface area contributed by atoms with Crippen LogP contribution in [0.1, 0.15) is 33.3 Å². The van der Waals surface area contributed by atoms with Crippen molar-refractivity contribution >= 4 is 34.0 Å². The number of halogens is 2. The monoisotopic (exact) mass is 394 g/mol. The van der Waals surface area contributed by atoms with E-state index in [4.69, 9.17) is 5.73 Å². The lowest BCUT2D eigenvalue weighted by Gasteiger charge is -2.11. The maximum atomic E-state index is 14.1. The summed E-state index contributed by atoms with van der Waals surface area (Å²) in [5, 5.41) is 11.9. The summed E-state index contributed by atoms with van der Waals surface area (Å²) < 4.78 is 28.2. The number of carboxylic acids is 1. The summed E-state index contributed by atoms with van der Waals surface area (Å²) in [6, 6.07) is 2.20. The number of anilines is 1. The Hall–Kier alpha value is -2.65. The van der Waals surface area contributed by atoms with Gasteiger partial charge in [-0.2, -0.15) is 0 Å². The zero-order valence-corrected chi connectivity index (χ0v) is 15.0. The molecule has 0 radical (unpaired) electrons. The van der Waals surface area contributed by atoms with Crippen molar-refractivity contribution in [2.45, 2.75) is 25.8 Å². The van der Waals surface area contributed by atoms with Gasteiger partial charge in [-0.15, -0.1) is 11.3 Å². The first kappa shape index (κ1) is 19.1. The molecule has 0 saturated carbocycles. The number of nitrogens with two attached hydrogens (primary N) is 1. The molecular formula is C18H16F2N2O4S. The summed E-state index contributed by atoms with van der Waals surface area (Å²) >= 11 is 1.03. The van der Waals surface area contributed by atoms with Crippen LogP contribution in [0.15, 0.2) is 18.2 Å². The third kappa shape index (κ3) is 3.47. The van der Waals surface area contributed by atoms with Crippen LogP contribution in [0.5, 0.6) is 0 Å². The second-order valence-corrected chi connectivity index (χ2v) is 7.46. The van der Waals surface area contributed by atoms with Gasteiger partial charge in [0.2, 0.25) is 11.7 Å². The molecule has 2 aromatic rings. The number of nitrogens with one attached hydrogen (secondary N) is 1. The first-order chi connectivity index (χ1) is 12.7. The number of carboxylic acid groups (broad SMARTS) is 1. The molecule has 1 unspecified atom stereocenters. The summed E-state index contributed by atoms with van der Waals surface area (Å²) in [6.07, 6.45) is 0.232. The molecule has 4 N–H and O–H groups in total. The number of ketones is 1. The second-order valence-electron chi connectivity index (χ2n) is 6.36. The van der Waals surface area contributed by atoms with E-state index in [9.17, 15) is 28.3 Å². The molecule has 1 aromatic carbocycles. The van der Waals surface area contributed by atoms with E-state index in [0.717, 1.165) is 29.5 Å². The molecule has 1 amide bonds. The van der Waals surface area contributed by atoms with Crippen molar-refractivity contribution in [1.82, 2.24) is 0 Å². The number of carbonyl (C=O) groups is 3. The number of carbonyl (C=O) groups excluding carboxylic acids is 2. The highest BCUT2D eigenvalue weighted by molar-refractivity contribution is 7.17. The van der Waals surface area contributed by atoms with E-state index in [2.05, 4.69) is 5.32 Å². The SMILES string of the molecule is C[C@H](N)C(=O)Nc1sc2c(c1C(=O)c1c(F)cccc1F)CC(C(=O)O)C2. The highest BCUT2D eigenvalue weighted by Crippen LogP contribution is 2.42. The van der Waals surface area contributed by atoms with Crippen LogP contribution in [-0.4, -0.2) is 28.8 Å². The quantitative estimate of drug-likeness (QED) is 0.675. The zero-order valence-electron chi connectivity index (χ0n) is 14.2. The van der Waals surface area contributed by atoms with Gasteiger partial charge in [0, 0.05) is 4.88 Å². The first-order valence-electron chi connectivity index (χ1n) is 8.13. The largest absolute Gasteiger partial charge is 0.481 e. The Morgan fingerprint density at radius 3 is 2.41 bits per heavy atom. The molecule has 142 valence electrons. The van der Waals surface area contributed by atoms with Gasteiger partial charge in [-0.1, -0.05) is 6.07 Å². The number of rotatable bonds is 5. The standard InChI is InChI=1S/C18H16F2N2O4S/c1-7(21)16(24)22-17-13(9-5-8(18(25)26)6-12(9)27-17)15(23)14-10(19)3-2-4-11(14)20/h2-4,7-8H,5-6,21H2,1H3,(H,22,24)(H,25,26)/t7-,8?/m0/s1. The van der Waals surface area contributed by atoms with Crippen molar-refractivity contribution in [3.8, 4) is 0 Å². The highest BCUT2D eigenvalue weighted by atomic mass is 32.1. The number of hydrogen-bond donors (Lipinski definition) is 3. The van der Waals surface area contributed by atoms with Crippen molar-refractivity contribution < 1.29 is 28.3 Å². The molecule has 9 heteroatoms. The fourth-order valence-corrected chi connectivity index (χ4v) is 4.31. The first-order valence-corrected chi connectivity index (χ1v) is 8.94. The zero-order chi connectivity index (χ0) is 19.9. The van der Waals surface area contributed by atoms with E-state index >= 15 is 0 Å². The molecule has 0 spiro atoms. The lowest BCUT2D eigenvalue weighted by atomic mass is 9.98. The Balaban J connectivity index is 2.11. The Morgan fingerprint density at radius 1 is 1.22 bits per heavy atom. The van der Waals surface area contributed by atoms with E-state index < -0.39 is 46.8 Å². The molecule has 3 rings (SSSR count). The van der Waals surface area contributed by atoms with Crippen molar-refractivity contribution in [3.05, 3.63) is 51.4 Å². The van der Waals surface area contributed by atoms with Crippen molar-refractivity contribution in [2.75, 3.05) is 5.32 Å². The van der Waals surface area contributed by atoms with Gasteiger partial charge >= 0.3 is 5.97 Å². The number of hydrogen-bond acceptors (Lipinski definition) is 5. The topological polar surface area (TPSA) is 109 Å². The Labute approximate surface area is 157 Å². The molecule has 0 saturated heterocycles. The predicted octanol–water partition coefficient (Wildman–Crippen LogP) is 2.34. The third-order valence-electron chi connectivity index (χ3n) is 4.39. The normalized spacial score (nSPS) is 16.7. The van der Waals surface area contributed by atoms with Gasteiger partial charge in [0.1, 0.15) is 16.6 Å². The molecule has 1 aromatic heterocycles. The minimum absolute atomic E-state index is 0.0480. The average Bonchev–Trinajstić information content (AvgIpc) is 3.11. The number of aliphatic carboxylic acids is 1. The van der Waals surface area contributed by atoms with Crippen LogP contribution in [0, 0.1) is 17.6 Å². The van der Waals surface area contributed by atoms with Crippen molar-refractivity contribution in [2.24, 2.45) is 11.7 Å². The van der Waals surface area contributed by atoms with Crippen LogP contribution in [0.4, 0.5) is 13.8 Å². The smallest absolute Gasteiger partial charge is 0.307 e. The Bertz CT molecular complexity index is 935. The summed E-state index contributed by atoms with van der Waals surface area (Å²) in [5.74, 6) is -5.30. The van der Waals surface area contributed by atoms with Crippen molar-refractivity contribution in [1.29, 1.82) is 0 Å². The van der Waals surface area contributed by atoms with Gasteiger partial charge in [-0.3, -0.25) is 14.4 Å². The molecule has 0 bridgehead atoms. The van der Waals surface area contributed by atoms with Gasteiger partial charge in [0.25, 0.3) is 0 Å². The summed E-state index contributed by atoms with van der Waals surface area (Å²) in [7, 11) is 0. The summed E-state index contributed by atoms with van der Waals surface area (Å²) in [6.45, 7) is 1.45.